The molecule has 4 rings (SSSR count). The highest BCUT2D eigenvalue weighted by molar-refractivity contribution is 5.63. The molecule has 0 radical (unpaired) electrons. The van der Waals surface area contributed by atoms with Crippen LogP contribution in [0.2, 0.25) is 0 Å². The predicted octanol–water partition coefficient (Wildman–Crippen LogP) is 5.82. The summed E-state index contributed by atoms with van der Waals surface area (Å²) in [5.74, 6) is 2.25. The van der Waals surface area contributed by atoms with Gasteiger partial charge in [0, 0.05) is 5.92 Å². The summed E-state index contributed by atoms with van der Waals surface area (Å²) in [4.78, 5) is 0. The van der Waals surface area contributed by atoms with E-state index in [4.69, 9.17) is 0 Å². The number of fused-ring (bicyclic) bond motifs is 2. The third-order valence-electron chi connectivity index (χ3n) is 6.61. The SMILES string of the molecule is CC1(C)C=CC(C)(C2C=Cc3ccccc32)C2CCCC21. The van der Waals surface area contributed by atoms with Gasteiger partial charge in [0.25, 0.3) is 0 Å². The number of allylic oxidation sites excluding steroid dienone is 3. The largest absolute Gasteiger partial charge is 0.0820 e. The molecular formula is C21H26. The Labute approximate surface area is 129 Å². The Hall–Kier alpha value is -1.30. The van der Waals surface area contributed by atoms with Crippen LogP contribution in [0.4, 0.5) is 0 Å². The summed E-state index contributed by atoms with van der Waals surface area (Å²) in [7, 11) is 0. The predicted molar refractivity (Wildman–Crippen MR) is 90.1 cm³/mol. The highest BCUT2D eigenvalue weighted by Crippen LogP contribution is 2.61. The molecule has 0 aliphatic heterocycles. The van der Waals surface area contributed by atoms with Crippen LogP contribution in [0.15, 0.2) is 42.5 Å². The second-order valence-corrected chi connectivity index (χ2v) is 8.13. The van der Waals surface area contributed by atoms with Gasteiger partial charge in [0.15, 0.2) is 0 Å². The van der Waals surface area contributed by atoms with Crippen molar-refractivity contribution in [3.05, 3.63) is 53.6 Å². The molecule has 0 heteroatoms. The van der Waals surface area contributed by atoms with Crippen LogP contribution < -0.4 is 0 Å². The minimum atomic E-state index is 0.291. The first-order chi connectivity index (χ1) is 10.0. The van der Waals surface area contributed by atoms with Gasteiger partial charge in [-0.3, -0.25) is 0 Å². The van der Waals surface area contributed by atoms with Crippen molar-refractivity contribution < 1.29 is 0 Å². The van der Waals surface area contributed by atoms with Crippen molar-refractivity contribution in [3.63, 3.8) is 0 Å². The second-order valence-electron chi connectivity index (χ2n) is 8.13. The monoisotopic (exact) mass is 278 g/mol. The van der Waals surface area contributed by atoms with Crippen LogP contribution in [0.25, 0.3) is 6.08 Å². The standard InChI is InChI=1S/C21H26/c1-20(2)13-14-21(3,19-10-6-9-18(19)20)17-12-11-15-7-4-5-8-16(15)17/h4-5,7-8,11-14,17-19H,6,9-10H2,1-3H3. The van der Waals surface area contributed by atoms with E-state index in [0.717, 1.165) is 11.8 Å². The Kier molecular flexibility index (Phi) is 2.77. The van der Waals surface area contributed by atoms with Crippen molar-refractivity contribution >= 4 is 6.08 Å². The molecule has 4 atom stereocenters. The lowest BCUT2D eigenvalue weighted by atomic mass is 9.55. The molecular weight excluding hydrogens is 252 g/mol. The Bertz CT molecular complexity index is 619. The Morgan fingerprint density at radius 2 is 1.71 bits per heavy atom. The Morgan fingerprint density at radius 1 is 0.952 bits per heavy atom. The maximum atomic E-state index is 2.57. The first-order valence-electron chi connectivity index (χ1n) is 8.50. The number of benzene rings is 1. The van der Waals surface area contributed by atoms with Gasteiger partial charge in [-0.1, -0.05) is 75.8 Å². The number of rotatable bonds is 1. The summed E-state index contributed by atoms with van der Waals surface area (Å²) in [5.41, 5.74) is 3.63. The van der Waals surface area contributed by atoms with Gasteiger partial charge in [-0.05, 0) is 46.6 Å². The van der Waals surface area contributed by atoms with Gasteiger partial charge in [-0.2, -0.15) is 0 Å². The minimum absolute atomic E-state index is 0.291. The van der Waals surface area contributed by atoms with Gasteiger partial charge in [-0.15, -0.1) is 0 Å². The van der Waals surface area contributed by atoms with E-state index in [1.165, 1.54) is 30.4 Å². The highest BCUT2D eigenvalue weighted by atomic mass is 14.6. The van der Waals surface area contributed by atoms with Crippen LogP contribution in [0, 0.1) is 22.7 Å². The molecule has 0 N–H and O–H groups in total. The van der Waals surface area contributed by atoms with Gasteiger partial charge in [0.1, 0.15) is 0 Å². The van der Waals surface area contributed by atoms with E-state index in [2.05, 4.69) is 69.3 Å². The summed E-state index contributed by atoms with van der Waals surface area (Å²) in [5, 5.41) is 0. The molecule has 0 aromatic heterocycles. The van der Waals surface area contributed by atoms with E-state index >= 15 is 0 Å². The molecule has 3 aliphatic rings. The van der Waals surface area contributed by atoms with E-state index < -0.39 is 0 Å². The van der Waals surface area contributed by atoms with Crippen LogP contribution in [0.1, 0.15) is 57.1 Å². The molecule has 0 saturated heterocycles. The van der Waals surface area contributed by atoms with E-state index in [0.29, 0.717) is 16.7 Å². The van der Waals surface area contributed by atoms with Crippen molar-refractivity contribution in [3.8, 4) is 0 Å². The summed E-state index contributed by atoms with van der Waals surface area (Å²) < 4.78 is 0. The van der Waals surface area contributed by atoms with Gasteiger partial charge in [0.05, 0.1) is 0 Å². The fourth-order valence-corrected chi connectivity index (χ4v) is 5.36. The molecule has 1 saturated carbocycles. The summed E-state index contributed by atoms with van der Waals surface area (Å²) >= 11 is 0. The topological polar surface area (TPSA) is 0 Å². The van der Waals surface area contributed by atoms with E-state index in [1.807, 2.05) is 0 Å². The molecule has 21 heavy (non-hydrogen) atoms. The zero-order chi connectivity index (χ0) is 14.7. The summed E-state index contributed by atoms with van der Waals surface area (Å²) in [6, 6.07) is 8.96. The molecule has 110 valence electrons. The van der Waals surface area contributed by atoms with Gasteiger partial charge in [-0.25, -0.2) is 0 Å². The molecule has 0 heterocycles. The van der Waals surface area contributed by atoms with Gasteiger partial charge < -0.3 is 0 Å². The maximum Gasteiger partial charge on any atom is 0.0118 e. The van der Waals surface area contributed by atoms with Crippen molar-refractivity contribution in [2.45, 2.75) is 46.0 Å². The molecule has 1 aromatic carbocycles. The second kappa shape index (κ2) is 4.35. The van der Waals surface area contributed by atoms with Gasteiger partial charge in [0.2, 0.25) is 0 Å². The third-order valence-corrected chi connectivity index (χ3v) is 6.61. The van der Waals surface area contributed by atoms with Crippen molar-refractivity contribution in [1.29, 1.82) is 0 Å². The van der Waals surface area contributed by atoms with Crippen LogP contribution in [-0.2, 0) is 0 Å². The lowest BCUT2D eigenvalue weighted by Crippen LogP contribution is -2.42. The molecule has 4 unspecified atom stereocenters. The lowest BCUT2D eigenvalue weighted by Gasteiger charge is -2.49. The zero-order valence-corrected chi connectivity index (χ0v) is 13.5. The Morgan fingerprint density at radius 3 is 2.57 bits per heavy atom. The number of hydrogen-bond donors (Lipinski definition) is 0. The average Bonchev–Trinajstić information content (AvgIpc) is 3.11. The first kappa shape index (κ1) is 13.4. The van der Waals surface area contributed by atoms with Crippen LogP contribution >= 0.6 is 0 Å². The summed E-state index contributed by atoms with van der Waals surface area (Å²) in [6.07, 6.45) is 14.1. The average molecular weight is 278 g/mol. The maximum absolute atomic E-state index is 2.57. The van der Waals surface area contributed by atoms with E-state index in [1.54, 1.807) is 0 Å². The fraction of sp³-hybridized carbons (Fsp3) is 0.524. The molecule has 0 nitrogen and oxygen atoms in total. The van der Waals surface area contributed by atoms with Crippen molar-refractivity contribution in [2.75, 3.05) is 0 Å². The van der Waals surface area contributed by atoms with Crippen molar-refractivity contribution in [1.82, 2.24) is 0 Å². The quantitative estimate of drug-likeness (QED) is 0.568. The third kappa shape index (κ3) is 1.81. The molecule has 1 aromatic rings. The minimum Gasteiger partial charge on any atom is -0.0820 e. The first-order valence-corrected chi connectivity index (χ1v) is 8.50. The molecule has 3 aliphatic carbocycles. The van der Waals surface area contributed by atoms with Crippen molar-refractivity contribution in [2.24, 2.45) is 22.7 Å². The lowest BCUT2D eigenvalue weighted by molar-refractivity contribution is 0.0925. The zero-order valence-electron chi connectivity index (χ0n) is 13.5. The van der Waals surface area contributed by atoms with E-state index in [-0.39, 0.29) is 0 Å². The molecule has 0 amide bonds. The van der Waals surface area contributed by atoms with Crippen LogP contribution in [-0.4, -0.2) is 0 Å². The Balaban J connectivity index is 1.80. The van der Waals surface area contributed by atoms with Gasteiger partial charge >= 0.3 is 0 Å². The van der Waals surface area contributed by atoms with E-state index in [9.17, 15) is 0 Å². The van der Waals surface area contributed by atoms with Crippen LogP contribution in [0.5, 0.6) is 0 Å². The highest BCUT2D eigenvalue weighted by Gasteiger charge is 2.52. The fourth-order valence-electron chi connectivity index (χ4n) is 5.36. The summed E-state index contributed by atoms with van der Waals surface area (Å²) in [6.45, 7) is 7.38. The molecule has 0 bridgehead atoms. The molecule has 1 fully saturated rings. The molecule has 0 spiro atoms. The van der Waals surface area contributed by atoms with Crippen LogP contribution in [0.3, 0.4) is 0 Å². The normalized spacial score (nSPS) is 39.3. The number of hydrogen-bond acceptors (Lipinski definition) is 0. The smallest absolute Gasteiger partial charge is 0.0118 e.